The smallest absolute Gasteiger partial charge is 0.227 e. The van der Waals surface area contributed by atoms with E-state index in [0.717, 1.165) is 43.6 Å². The van der Waals surface area contributed by atoms with Gasteiger partial charge in [0.1, 0.15) is 5.82 Å². The third-order valence-corrected chi connectivity index (χ3v) is 3.90. The molecule has 1 aromatic rings. The Bertz CT molecular complexity index is 406. The normalized spacial score (nSPS) is 20.5. The van der Waals surface area contributed by atoms with Crippen molar-refractivity contribution in [2.45, 2.75) is 39.0 Å². The molecule has 0 bridgehead atoms. The van der Waals surface area contributed by atoms with E-state index in [-0.39, 0.29) is 0 Å². The monoisotopic (exact) mass is 246 g/mol. The molecule has 0 saturated carbocycles. The first-order chi connectivity index (χ1) is 8.83. The van der Waals surface area contributed by atoms with Gasteiger partial charge in [-0.05, 0) is 39.0 Å². The van der Waals surface area contributed by atoms with Gasteiger partial charge in [-0.1, -0.05) is 0 Å². The average Bonchev–Trinajstić information content (AvgIpc) is 2.93. The highest BCUT2D eigenvalue weighted by Crippen LogP contribution is 2.23. The quantitative estimate of drug-likeness (QED) is 0.802. The van der Waals surface area contributed by atoms with Crippen LogP contribution in [0.3, 0.4) is 0 Å². The molecule has 0 N–H and O–H groups in total. The van der Waals surface area contributed by atoms with Crippen LogP contribution in [0.5, 0.6) is 0 Å². The summed E-state index contributed by atoms with van der Waals surface area (Å²) in [7, 11) is 0. The summed E-state index contributed by atoms with van der Waals surface area (Å²) in [5.41, 5.74) is 1.09. The van der Waals surface area contributed by atoms with E-state index in [1.807, 2.05) is 0 Å². The molecule has 2 fully saturated rings. The highest BCUT2D eigenvalue weighted by atomic mass is 15.3. The van der Waals surface area contributed by atoms with Crippen molar-refractivity contribution in [1.82, 2.24) is 9.97 Å². The summed E-state index contributed by atoms with van der Waals surface area (Å²) in [5, 5.41) is 0. The van der Waals surface area contributed by atoms with Crippen LogP contribution in [-0.2, 0) is 0 Å². The van der Waals surface area contributed by atoms with Crippen molar-refractivity contribution in [3.63, 3.8) is 0 Å². The first-order valence-electron chi connectivity index (χ1n) is 7.18. The largest absolute Gasteiger partial charge is 0.356 e. The molecule has 3 rings (SSSR count). The zero-order valence-corrected chi connectivity index (χ0v) is 11.2. The number of nitrogens with zero attached hydrogens (tertiary/aromatic N) is 4. The molecule has 4 nitrogen and oxygen atoms in total. The van der Waals surface area contributed by atoms with Gasteiger partial charge in [-0.15, -0.1) is 0 Å². The molecular formula is C14H22N4. The summed E-state index contributed by atoms with van der Waals surface area (Å²) < 4.78 is 0. The lowest BCUT2D eigenvalue weighted by Crippen LogP contribution is -2.31. The van der Waals surface area contributed by atoms with Crippen molar-refractivity contribution in [1.29, 1.82) is 0 Å². The molecule has 18 heavy (non-hydrogen) atoms. The number of anilines is 2. The molecule has 1 aromatic heterocycles. The Kier molecular flexibility index (Phi) is 3.35. The maximum absolute atomic E-state index is 4.78. The third kappa shape index (κ3) is 2.42. The van der Waals surface area contributed by atoms with Crippen molar-refractivity contribution in [3.05, 3.63) is 11.8 Å². The SMILES string of the molecule is Cc1cc(N2CCCCC2)nc(N2CCCC2)n1. The Hall–Kier alpha value is -1.32. The van der Waals surface area contributed by atoms with Crippen molar-refractivity contribution < 1.29 is 0 Å². The van der Waals surface area contributed by atoms with E-state index in [4.69, 9.17) is 4.98 Å². The Labute approximate surface area is 109 Å². The third-order valence-electron chi connectivity index (χ3n) is 3.90. The van der Waals surface area contributed by atoms with E-state index in [9.17, 15) is 0 Å². The second-order valence-electron chi connectivity index (χ2n) is 5.41. The average molecular weight is 246 g/mol. The number of hydrogen-bond acceptors (Lipinski definition) is 4. The summed E-state index contributed by atoms with van der Waals surface area (Å²) in [5.74, 6) is 2.07. The molecule has 3 heterocycles. The van der Waals surface area contributed by atoms with Crippen LogP contribution in [0, 0.1) is 6.92 Å². The predicted molar refractivity (Wildman–Crippen MR) is 74.3 cm³/mol. The Morgan fingerprint density at radius 2 is 1.44 bits per heavy atom. The van der Waals surface area contributed by atoms with Crippen LogP contribution >= 0.6 is 0 Å². The van der Waals surface area contributed by atoms with E-state index >= 15 is 0 Å². The number of hydrogen-bond donors (Lipinski definition) is 0. The molecule has 0 unspecified atom stereocenters. The molecule has 2 aliphatic heterocycles. The molecule has 2 saturated heterocycles. The highest BCUT2D eigenvalue weighted by molar-refractivity contribution is 5.46. The summed E-state index contributed by atoms with van der Waals surface area (Å²) in [6.45, 7) is 6.60. The summed E-state index contributed by atoms with van der Waals surface area (Å²) >= 11 is 0. The van der Waals surface area contributed by atoms with Crippen LogP contribution in [0.25, 0.3) is 0 Å². The second-order valence-corrected chi connectivity index (χ2v) is 5.41. The van der Waals surface area contributed by atoms with E-state index in [1.165, 1.54) is 32.1 Å². The standard InChI is InChI=1S/C14H22N4/c1-12-11-13(17-7-3-2-4-8-17)16-14(15-12)18-9-5-6-10-18/h11H,2-10H2,1H3. The van der Waals surface area contributed by atoms with Crippen LogP contribution in [0.15, 0.2) is 6.07 Å². The van der Waals surface area contributed by atoms with Gasteiger partial charge in [0.05, 0.1) is 0 Å². The van der Waals surface area contributed by atoms with Gasteiger partial charge in [0.2, 0.25) is 5.95 Å². The van der Waals surface area contributed by atoms with Crippen molar-refractivity contribution in [2.75, 3.05) is 36.0 Å². The van der Waals surface area contributed by atoms with E-state index in [2.05, 4.69) is 27.8 Å². The first kappa shape index (κ1) is 11.8. The summed E-state index contributed by atoms with van der Waals surface area (Å²) in [4.78, 5) is 14.1. The minimum absolute atomic E-state index is 0.938. The minimum atomic E-state index is 0.938. The topological polar surface area (TPSA) is 32.3 Å². The van der Waals surface area contributed by atoms with Gasteiger partial charge in [-0.3, -0.25) is 0 Å². The van der Waals surface area contributed by atoms with Gasteiger partial charge >= 0.3 is 0 Å². The van der Waals surface area contributed by atoms with Crippen molar-refractivity contribution in [2.24, 2.45) is 0 Å². The lowest BCUT2D eigenvalue weighted by atomic mass is 10.1. The van der Waals surface area contributed by atoms with Crippen LogP contribution in [0.2, 0.25) is 0 Å². The summed E-state index contributed by atoms with van der Waals surface area (Å²) in [6.07, 6.45) is 6.50. The fourth-order valence-electron chi connectivity index (χ4n) is 2.88. The fraction of sp³-hybridized carbons (Fsp3) is 0.714. The lowest BCUT2D eigenvalue weighted by molar-refractivity contribution is 0.572. The van der Waals surface area contributed by atoms with Crippen LogP contribution < -0.4 is 9.80 Å². The van der Waals surface area contributed by atoms with Crippen LogP contribution in [0.1, 0.15) is 37.8 Å². The van der Waals surface area contributed by atoms with E-state index < -0.39 is 0 Å². The van der Waals surface area contributed by atoms with Crippen LogP contribution in [-0.4, -0.2) is 36.1 Å². The van der Waals surface area contributed by atoms with Gasteiger partial charge in [0, 0.05) is 37.9 Å². The molecule has 0 radical (unpaired) electrons. The lowest BCUT2D eigenvalue weighted by Gasteiger charge is -2.28. The Morgan fingerprint density at radius 3 is 2.17 bits per heavy atom. The van der Waals surface area contributed by atoms with Gasteiger partial charge in [-0.25, -0.2) is 4.98 Å². The van der Waals surface area contributed by atoms with Gasteiger partial charge in [0.15, 0.2) is 0 Å². The van der Waals surface area contributed by atoms with Gasteiger partial charge in [0.25, 0.3) is 0 Å². The maximum atomic E-state index is 4.78. The van der Waals surface area contributed by atoms with E-state index in [1.54, 1.807) is 0 Å². The fourth-order valence-corrected chi connectivity index (χ4v) is 2.88. The first-order valence-corrected chi connectivity index (χ1v) is 7.18. The highest BCUT2D eigenvalue weighted by Gasteiger charge is 2.18. The molecule has 0 spiro atoms. The molecule has 98 valence electrons. The molecule has 2 aliphatic rings. The molecule has 0 amide bonds. The number of aromatic nitrogens is 2. The number of rotatable bonds is 2. The zero-order chi connectivity index (χ0) is 12.4. The minimum Gasteiger partial charge on any atom is -0.356 e. The summed E-state index contributed by atoms with van der Waals surface area (Å²) in [6, 6.07) is 2.13. The molecule has 0 aliphatic carbocycles. The maximum Gasteiger partial charge on any atom is 0.227 e. The van der Waals surface area contributed by atoms with Crippen molar-refractivity contribution >= 4 is 11.8 Å². The number of piperidine rings is 1. The van der Waals surface area contributed by atoms with Crippen molar-refractivity contribution in [3.8, 4) is 0 Å². The second kappa shape index (κ2) is 5.12. The number of aryl methyl sites for hydroxylation is 1. The Balaban J connectivity index is 1.84. The van der Waals surface area contributed by atoms with Crippen LogP contribution in [0.4, 0.5) is 11.8 Å². The predicted octanol–water partition coefficient (Wildman–Crippen LogP) is 2.38. The molecule has 0 aromatic carbocycles. The van der Waals surface area contributed by atoms with Gasteiger partial charge < -0.3 is 9.80 Å². The Morgan fingerprint density at radius 1 is 0.833 bits per heavy atom. The zero-order valence-electron chi connectivity index (χ0n) is 11.2. The van der Waals surface area contributed by atoms with E-state index in [0.29, 0.717) is 0 Å². The molecular weight excluding hydrogens is 224 g/mol. The molecule has 0 atom stereocenters. The molecule has 4 heteroatoms. The van der Waals surface area contributed by atoms with Gasteiger partial charge in [-0.2, -0.15) is 4.98 Å².